The van der Waals surface area contributed by atoms with Gasteiger partial charge in [0.05, 0.1) is 22.4 Å². The number of nitrogens with zero attached hydrogens (tertiary/aromatic N) is 3. The van der Waals surface area contributed by atoms with E-state index in [0.717, 1.165) is 27.9 Å². The number of benzene rings is 3. The Bertz CT molecular complexity index is 1530. The Labute approximate surface area is 221 Å². The van der Waals surface area contributed by atoms with E-state index < -0.39 is 0 Å². The molecule has 0 fully saturated rings. The molecule has 182 valence electrons. The SMILES string of the molecule is CCOc1ccc(-n2c(SCC(=O)Nc3ccc(Cl)c(Cl)c3)nnc2-c2c[nH]c3ccccc23)cc1. The van der Waals surface area contributed by atoms with E-state index in [9.17, 15) is 4.79 Å². The minimum atomic E-state index is -0.201. The fraction of sp³-hybridized carbons (Fsp3) is 0.115. The lowest BCUT2D eigenvalue weighted by atomic mass is 10.1. The summed E-state index contributed by atoms with van der Waals surface area (Å²) >= 11 is 13.3. The second kappa shape index (κ2) is 10.7. The number of para-hydroxylation sites is 1. The lowest BCUT2D eigenvalue weighted by molar-refractivity contribution is -0.113. The molecule has 5 rings (SSSR count). The number of thioether (sulfide) groups is 1. The standard InChI is InChI=1S/C26H21Cl2N5O2S/c1-2-35-18-10-8-17(9-11-18)33-25(20-14-29-23-6-4-3-5-19(20)23)31-32-26(33)36-15-24(34)30-16-7-12-21(27)22(28)13-16/h3-14,29H,2,15H2,1H3,(H,30,34). The highest BCUT2D eigenvalue weighted by Crippen LogP contribution is 2.33. The van der Waals surface area contributed by atoms with Gasteiger partial charge in [-0.2, -0.15) is 0 Å². The lowest BCUT2D eigenvalue weighted by Gasteiger charge is -2.11. The van der Waals surface area contributed by atoms with Crippen LogP contribution < -0.4 is 10.1 Å². The van der Waals surface area contributed by atoms with Gasteiger partial charge in [-0.15, -0.1) is 10.2 Å². The summed E-state index contributed by atoms with van der Waals surface area (Å²) in [6.07, 6.45) is 1.92. The van der Waals surface area contributed by atoms with Crippen molar-refractivity contribution in [3.8, 4) is 22.8 Å². The van der Waals surface area contributed by atoms with Crippen molar-refractivity contribution in [1.82, 2.24) is 19.7 Å². The number of amides is 1. The van der Waals surface area contributed by atoms with Gasteiger partial charge >= 0.3 is 0 Å². The highest BCUT2D eigenvalue weighted by atomic mass is 35.5. The van der Waals surface area contributed by atoms with Gasteiger partial charge in [0.2, 0.25) is 5.91 Å². The highest BCUT2D eigenvalue weighted by molar-refractivity contribution is 7.99. The van der Waals surface area contributed by atoms with E-state index >= 15 is 0 Å². The van der Waals surface area contributed by atoms with Crippen LogP contribution in [0.25, 0.3) is 28.0 Å². The summed E-state index contributed by atoms with van der Waals surface area (Å²) in [6.45, 7) is 2.53. The summed E-state index contributed by atoms with van der Waals surface area (Å²) in [7, 11) is 0. The van der Waals surface area contributed by atoms with Crippen molar-refractivity contribution >= 4 is 57.5 Å². The molecule has 2 aromatic heterocycles. The molecule has 0 saturated carbocycles. The number of fused-ring (bicyclic) bond motifs is 1. The predicted octanol–water partition coefficient (Wildman–Crippen LogP) is 6.85. The van der Waals surface area contributed by atoms with E-state index in [0.29, 0.717) is 33.3 Å². The number of halogens is 2. The molecule has 2 N–H and O–H groups in total. The van der Waals surface area contributed by atoms with E-state index in [-0.39, 0.29) is 11.7 Å². The fourth-order valence-electron chi connectivity index (χ4n) is 3.79. The number of ether oxygens (including phenoxy) is 1. The number of rotatable bonds is 8. The molecule has 2 heterocycles. The smallest absolute Gasteiger partial charge is 0.234 e. The normalized spacial score (nSPS) is 11.1. The second-order valence-corrected chi connectivity index (χ2v) is 9.54. The fourth-order valence-corrected chi connectivity index (χ4v) is 4.84. The molecule has 3 aromatic carbocycles. The predicted molar refractivity (Wildman–Crippen MR) is 146 cm³/mol. The van der Waals surface area contributed by atoms with Gasteiger partial charge in [-0.25, -0.2) is 0 Å². The first-order valence-corrected chi connectivity index (χ1v) is 12.9. The zero-order valence-electron chi connectivity index (χ0n) is 19.2. The number of H-pyrrole nitrogens is 1. The van der Waals surface area contributed by atoms with Crippen LogP contribution in [0.4, 0.5) is 5.69 Å². The zero-order valence-corrected chi connectivity index (χ0v) is 21.5. The molecule has 0 spiro atoms. The Hall–Kier alpha value is -3.46. The quantitative estimate of drug-likeness (QED) is 0.211. The van der Waals surface area contributed by atoms with Crippen molar-refractivity contribution in [2.45, 2.75) is 12.1 Å². The van der Waals surface area contributed by atoms with Gasteiger partial charge in [-0.05, 0) is 55.5 Å². The second-order valence-electron chi connectivity index (χ2n) is 7.78. The Balaban J connectivity index is 1.45. The maximum absolute atomic E-state index is 12.7. The van der Waals surface area contributed by atoms with Gasteiger partial charge in [0.1, 0.15) is 5.75 Å². The van der Waals surface area contributed by atoms with Crippen LogP contribution in [0.1, 0.15) is 6.92 Å². The van der Waals surface area contributed by atoms with Crippen molar-refractivity contribution < 1.29 is 9.53 Å². The summed E-state index contributed by atoms with van der Waals surface area (Å²) in [5, 5.41) is 14.2. The zero-order chi connectivity index (χ0) is 25.1. The molecule has 0 aliphatic carbocycles. The summed E-state index contributed by atoms with van der Waals surface area (Å²) in [5.41, 5.74) is 3.35. The van der Waals surface area contributed by atoms with Crippen LogP contribution in [-0.2, 0) is 4.79 Å². The van der Waals surface area contributed by atoms with Crippen LogP contribution in [0, 0.1) is 0 Å². The van der Waals surface area contributed by atoms with Crippen LogP contribution in [0.2, 0.25) is 10.0 Å². The Morgan fingerprint density at radius 3 is 2.64 bits per heavy atom. The number of hydrogen-bond donors (Lipinski definition) is 2. The van der Waals surface area contributed by atoms with Crippen LogP contribution >= 0.6 is 35.0 Å². The number of carbonyl (C=O) groups is 1. The van der Waals surface area contributed by atoms with E-state index in [1.165, 1.54) is 11.8 Å². The molecule has 0 aliphatic heterocycles. The average molecular weight is 538 g/mol. The van der Waals surface area contributed by atoms with Gasteiger partial charge in [-0.3, -0.25) is 9.36 Å². The van der Waals surface area contributed by atoms with Gasteiger partial charge in [-0.1, -0.05) is 53.2 Å². The monoisotopic (exact) mass is 537 g/mol. The lowest BCUT2D eigenvalue weighted by Crippen LogP contribution is -2.14. The van der Waals surface area contributed by atoms with Crippen molar-refractivity contribution in [3.63, 3.8) is 0 Å². The van der Waals surface area contributed by atoms with Crippen LogP contribution in [0.15, 0.2) is 78.1 Å². The number of aromatic nitrogens is 4. The first-order valence-electron chi connectivity index (χ1n) is 11.2. The molecule has 7 nitrogen and oxygen atoms in total. The van der Waals surface area contributed by atoms with Crippen molar-refractivity contribution in [2.75, 3.05) is 17.7 Å². The first-order chi connectivity index (χ1) is 17.5. The average Bonchev–Trinajstić information content (AvgIpc) is 3.50. The topological polar surface area (TPSA) is 84.8 Å². The summed E-state index contributed by atoms with van der Waals surface area (Å²) in [6, 6.07) is 20.7. The summed E-state index contributed by atoms with van der Waals surface area (Å²) < 4.78 is 7.55. The summed E-state index contributed by atoms with van der Waals surface area (Å²) in [4.78, 5) is 16.0. The third-order valence-corrected chi connectivity index (χ3v) is 7.07. The molecule has 36 heavy (non-hydrogen) atoms. The molecule has 0 aliphatic rings. The third-order valence-electron chi connectivity index (χ3n) is 5.41. The minimum absolute atomic E-state index is 0.128. The molecule has 0 atom stereocenters. The van der Waals surface area contributed by atoms with Crippen molar-refractivity contribution in [3.05, 3.63) is 83.0 Å². The van der Waals surface area contributed by atoms with Crippen LogP contribution in [-0.4, -0.2) is 38.0 Å². The van der Waals surface area contributed by atoms with Gasteiger partial charge < -0.3 is 15.0 Å². The number of hydrogen-bond acceptors (Lipinski definition) is 5. The summed E-state index contributed by atoms with van der Waals surface area (Å²) in [5.74, 6) is 1.37. The van der Waals surface area contributed by atoms with Crippen LogP contribution in [0.5, 0.6) is 5.75 Å². The highest BCUT2D eigenvalue weighted by Gasteiger charge is 2.20. The molecular formula is C26H21Cl2N5O2S. The van der Waals surface area contributed by atoms with Crippen molar-refractivity contribution in [1.29, 1.82) is 0 Å². The van der Waals surface area contributed by atoms with E-state index in [4.69, 9.17) is 27.9 Å². The van der Waals surface area contributed by atoms with E-state index in [1.807, 2.05) is 66.2 Å². The molecule has 0 unspecified atom stereocenters. The largest absolute Gasteiger partial charge is 0.494 e. The molecule has 0 saturated heterocycles. The molecule has 0 bridgehead atoms. The van der Waals surface area contributed by atoms with Crippen molar-refractivity contribution in [2.24, 2.45) is 0 Å². The molecule has 1 amide bonds. The van der Waals surface area contributed by atoms with Gasteiger partial charge in [0, 0.05) is 34.0 Å². The Morgan fingerprint density at radius 2 is 1.86 bits per heavy atom. The molecule has 0 radical (unpaired) electrons. The maximum Gasteiger partial charge on any atom is 0.234 e. The number of nitrogens with one attached hydrogen (secondary N) is 2. The van der Waals surface area contributed by atoms with Crippen LogP contribution in [0.3, 0.4) is 0 Å². The number of carbonyl (C=O) groups excluding carboxylic acids is 1. The minimum Gasteiger partial charge on any atom is -0.494 e. The number of anilines is 1. The number of aromatic amines is 1. The van der Waals surface area contributed by atoms with E-state index in [1.54, 1.807) is 18.2 Å². The Morgan fingerprint density at radius 1 is 1.06 bits per heavy atom. The maximum atomic E-state index is 12.7. The third kappa shape index (κ3) is 5.06. The van der Waals surface area contributed by atoms with E-state index in [2.05, 4.69) is 20.5 Å². The molecular weight excluding hydrogens is 517 g/mol. The molecule has 5 aromatic rings. The Kier molecular flexibility index (Phi) is 7.18. The first kappa shape index (κ1) is 24.2. The van der Waals surface area contributed by atoms with Gasteiger partial charge in [0.25, 0.3) is 0 Å². The van der Waals surface area contributed by atoms with Gasteiger partial charge in [0.15, 0.2) is 11.0 Å². The molecule has 10 heteroatoms.